The number of rotatable bonds is 3. The van der Waals surface area contributed by atoms with Crippen molar-refractivity contribution in [1.82, 2.24) is 29.8 Å². The van der Waals surface area contributed by atoms with Crippen LogP contribution in [0.3, 0.4) is 0 Å². The number of hydrogen-bond donors (Lipinski definition) is 0. The molecule has 0 unspecified atom stereocenters. The van der Waals surface area contributed by atoms with Gasteiger partial charge in [-0.25, -0.2) is 9.97 Å². The molecule has 0 spiro atoms. The van der Waals surface area contributed by atoms with Crippen LogP contribution >= 0.6 is 0 Å². The molecule has 8 nitrogen and oxygen atoms in total. The fourth-order valence-corrected chi connectivity index (χ4v) is 3.73. The number of carbonyl (C=O) groups is 1. The van der Waals surface area contributed by atoms with Gasteiger partial charge in [0.25, 0.3) is 5.91 Å². The molecule has 1 amide bonds. The summed E-state index contributed by atoms with van der Waals surface area (Å²) in [7, 11) is 1.81. The Morgan fingerprint density at radius 2 is 2.07 bits per heavy atom. The lowest BCUT2D eigenvalue weighted by molar-refractivity contribution is 0.0726. The molecular formula is C19H22N6O2. The molecule has 1 aliphatic heterocycles. The second-order valence-corrected chi connectivity index (χ2v) is 6.96. The standard InChI is InChI=1S/C19H22N6O2/c1-11-18(12(2)27-23-11)16-10-15(20-13(3)21-16)17-6-5-8-25(17)19(26)14-7-9-24(4)22-14/h7,9-10,17H,5-6,8H2,1-4H3/t17-/m1/s1. The lowest BCUT2D eigenvalue weighted by atomic mass is 10.1. The maximum absolute atomic E-state index is 12.9. The molecule has 3 aromatic rings. The van der Waals surface area contributed by atoms with Crippen LogP contribution < -0.4 is 0 Å². The minimum atomic E-state index is -0.0829. The number of nitrogens with zero attached hydrogens (tertiary/aromatic N) is 6. The highest BCUT2D eigenvalue weighted by molar-refractivity contribution is 5.92. The van der Waals surface area contributed by atoms with Crippen LogP contribution in [0, 0.1) is 20.8 Å². The Kier molecular flexibility index (Phi) is 4.25. The highest BCUT2D eigenvalue weighted by atomic mass is 16.5. The van der Waals surface area contributed by atoms with E-state index in [1.54, 1.807) is 16.9 Å². The first-order valence-corrected chi connectivity index (χ1v) is 9.03. The summed E-state index contributed by atoms with van der Waals surface area (Å²) in [6.07, 6.45) is 3.59. The van der Waals surface area contributed by atoms with Gasteiger partial charge in [-0.15, -0.1) is 0 Å². The van der Waals surface area contributed by atoms with Crippen molar-refractivity contribution in [3.8, 4) is 11.3 Å². The number of likely N-dealkylation sites (tertiary alicyclic amines) is 1. The monoisotopic (exact) mass is 366 g/mol. The zero-order valence-electron chi connectivity index (χ0n) is 15.9. The van der Waals surface area contributed by atoms with Crippen molar-refractivity contribution in [3.05, 3.63) is 47.0 Å². The molecule has 8 heteroatoms. The number of carbonyl (C=O) groups excluding carboxylic acids is 1. The molecule has 1 aliphatic rings. The molecule has 27 heavy (non-hydrogen) atoms. The second-order valence-electron chi connectivity index (χ2n) is 6.96. The van der Waals surface area contributed by atoms with Gasteiger partial charge in [-0.1, -0.05) is 5.16 Å². The Hall–Kier alpha value is -3.03. The quantitative estimate of drug-likeness (QED) is 0.708. The van der Waals surface area contributed by atoms with Crippen LogP contribution in [0.15, 0.2) is 22.9 Å². The molecule has 0 radical (unpaired) electrons. The van der Waals surface area contributed by atoms with Gasteiger partial charge < -0.3 is 9.42 Å². The predicted molar refractivity (Wildman–Crippen MR) is 98.0 cm³/mol. The van der Waals surface area contributed by atoms with E-state index in [1.165, 1.54) is 0 Å². The molecule has 4 rings (SSSR count). The largest absolute Gasteiger partial charge is 0.361 e. The Bertz CT molecular complexity index is 986. The summed E-state index contributed by atoms with van der Waals surface area (Å²) in [4.78, 5) is 24.0. The van der Waals surface area contributed by atoms with Crippen LogP contribution in [0.5, 0.6) is 0 Å². The Balaban J connectivity index is 1.71. The Morgan fingerprint density at radius 3 is 2.74 bits per heavy atom. The fraction of sp³-hybridized carbons (Fsp3) is 0.421. The Labute approximate surface area is 157 Å². The first kappa shape index (κ1) is 17.4. The molecule has 3 aromatic heterocycles. The average molecular weight is 366 g/mol. The Morgan fingerprint density at radius 1 is 1.26 bits per heavy atom. The van der Waals surface area contributed by atoms with Crippen molar-refractivity contribution < 1.29 is 9.32 Å². The number of hydrogen-bond acceptors (Lipinski definition) is 6. The normalized spacial score (nSPS) is 16.9. The summed E-state index contributed by atoms with van der Waals surface area (Å²) in [5.74, 6) is 1.33. The van der Waals surface area contributed by atoms with Crippen molar-refractivity contribution in [2.75, 3.05) is 6.54 Å². The van der Waals surface area contributed by atoms with Gasteiger partial charge in [0.15, 0.2) is 0 Å². The van der Waals surface area contributed by atoms with E-state index in [1.807, 2.05) is 38.8 Å². The summed E-state index contributed by atoms with van der Waals surface area (Å²) < 4.78 is 6.93. The van der Waals surface area contributed by atoms with Gasteiger partial charge in [-0.3, -0.25) is 9.48 Å². The summed E-state index contributed by atoms with van der Waals surface area (Å²) >= 11 is 0. The molecule has 1 atom stereocenters. The van der Waals surface area contributed by atoms with Gasteiger partial charge in [0.2, 0.25) is 0 Å². The molecule has 1 saturated heterocycles. The number of aryl methyl sites for hydroxylation is 4. The minimum absolute atomic E-state index is 0.0618. The van der Waals surface area contributed by atoms with E-state index in [0.717, 1.165) is 41.2 Å². The van der Waals surface area contributed by atoms with Gasteiger partial charge >= 0.3 is 0 Å². The van der Waals surface area contributed by atoms with Crippen LogP contribution in [0.4, 0.5) is 0 Å². The maximum Gasteiger partial charge on any atom is 0.274 e. The van der Waals surface area contributed by atoms with E-state index in [9.17, 15) is 4.79 Å². The van der Waals surface area contributed by atoms with E-state index in [2.05, 4.69) is 20.2 Å². The SMILES string of the molecule is Cc1nc(-c2c(C)noc2C)cc([C@H]2CCCN2C(=O)c2ccn(C)n2)n1. The lowest BCUT2D eigenvalue weighted by Crippen LogP contribution is -2.31. The predicted octanol–water partition coefficient (Wildman–Crippen LogP) is 2.77. The van der Waals surface area contributed by atoms with Gasteiger partial charge in [-0.2, -0.15) is 5.10 Å². The third-order valence-electron chi connectivity index (χ3n) is 4.94. The van der Waals surface area contributed by atoms with Crippen LogP contribution in [-0.2, 0) is 7.05 Å². The second kappa shape index (κ2) is 6.61. The smallest absolute Gasteiger partial charge is 0.274 e. The lowest BCUT2D eigenvalue weighted by Gasteiger charge is -2.24. The molecule has 0 aliphatic carbocycles. The third kappa shape index (κ3) is 3.11. The minimum Gasteiger partial charge on any atom is -0.361 e. The van der Waals surface area contributed by atoms with Crippen molar-refractivity contribution in [2.24, 2.45) is 7.05 Å². The van der Waals surface area contributed by atoms with E-state index in [4.69, 9.17) is 4.52 Å². The van der Waals surface area contributed by atoms with Crippen molar-refractivity contribution in [3.63, 3.8) is 0 Å². The maximum atomic E-state index is 12.9. The fourth-order valence-electron chi connectivity index (χ4n) is 3.73. The molecule has 140 valence electrons. The van der Waals surface area contributed by atoms with Gasteiger partial charge in [0, 0.05) is 19.8 Å². The summed E-state index contributed by atoms with van der Waals surface area (Å²) in [5, 5.41) is 8.28. The van der Waals surface area contributed by atoms with Gasteiger partial charge in [-0.05, 0) is 45.7 Å². The van der Waals surface area contributed by atoms with Crippen LogP contribution in [0.1, 0.15) is 52.3 Å². The average Bonchev–Trinajstić information content (AvgIpc) is 3.34. The van der Waals surface area contributed by atoms with Crippen molar-refractivity contribution >= 4 is 5.91 Å². The topological polar surface area (TPSA) is 89.9 Å². The third-order valence-corrected chi connectivity index (χ3v) is 4.94. The highest BCUT2D eigenvalue weighted by Crippen LogP contribution is 2.34. The highest BCUT2D eigenvalue weighted by Gasteiger charge is 2.33. The first-order chi connectivity index (χ1) is 12.9. The van der Waals surface area contributed by atoms with E-state index >= 15 is 0 Å². The first-order valence-electron chi connectivity index (χ1n) is 9.03. The molecule has 0 bridgehead atoms. The van der Waals surface area contributed by atoms with E-state index in [0.29, 0.717) is 18.1 Å². The van der Waals surface area contributed by atoms with Crippen LogP contribution in [0.2, 0.25) is 0 Å². The van der Waals surface area contributed by atoms with Crippen LogP contribution in [0.25, 0.3) is 11.3 Å². The molecule has 0 aromatic carbocycles. The van der Waals surface area contributed by atoms with Crippen LogP contribution in [-0.4, -0.2) is 42.3 Å². The summed E-state index contributed by atoms with van der Waals surface area (Å²) in [6, 6.07) is 3.62. The zero-order chi connectivity index (χ0) is 19.1. The molecule has 4 heterocycles. The van der Waals surface area contributed by atoms with E-state index in [-0.39, 0.29) is 11.9 Å². The van der Waals surface area contributed by atoms with Gasteiger partial charge in [0.1, 0.15) is 17.3 Å². The van der Waals surface area contributed by atoms with Gasteiger partial charge in [0.05, 0.1) is 28.7 Å². The van der Waals surface area contributed by atoms with E-state index < -0.39 is 0 Å². The number of aromatic nitrogens is 5. The van der Waals surface area contributed by atoms with Crippen molar-refractivity contribution in [2.45, 2.75) is 39.7 Å². The molecular weight excluding hydrogens is 344 g/mol. The molecule has 0 N–H and O–H groups in total. The number of amides is 1. The summed E-state index contributed by atoms with van der Waals surface area (Å²) in [5.41, 5.74) is 3.78. The molecule has 0 saturated carbocycles. The van der Waals surface area contributed by atoms with Crippen molar-refractivity contribution in [1.29, 1.82) is 0 Å². The zero-order valence-corrected chi connectivity index (χ0v) is 15.9. The summed E-state index contributed by atoms with van der Waals surface area (Å²) in [6.45, 7) is 6.34. The molecule has 1 fully saturated rings.